The lowest BCUT2D eigenvalue weighted by molar-refractivity contribution is 0.139. The van der Waals surface area contributed by atoms with Gasteiger partial charge in [0.15, 0.2) is 0 Å². The fraction of sp³-hybridized carbons (Fsp3) is 0.538. The van der Waals surface area contributed by atoms with E-state index < -0.39 is 0 Å². The van der Waals surface area contributed by atoms with Crippen molar-refractivity contribution in [1.29, 1.82) is 0 Å². The van der Waals surface area contributed by atoms with Crippen molar-refractivity contribution in [3.63, 3.8) is 0 Å². The van der Waals surface area contributed by atoms with E-state index in [1.54, 1.807) is 0 Å². The molecule has 0 spiro atoms. The Hall–Kier alpha value is -1.60. The van der Waals surface area contributed by atoms with Gasteiger partial charge in [-0.25, -0.2) is 0 Å². The molecule has 2 atom stereocenters. The molecule has 1 nitrogen and oxygen atoms in total. The van der Waals surface area contributed by atoms with Crippen LogP contribution >= 0.6 is 0 Å². The Morgan fingerprint density at radius 2 is 1.33 bits per heavy atom. The summed E-state index contributed by atoms with van der Waals surface area (Å²) >= 11 is 0. The second-order valence-corrected chi connectivity index (χ2v) is 8.97. The van der Waals surface area contributed by atoms with Crippen molar-refractivity contribution >= 4 is 0 Å². The molecule has 1 saturated heterocycles. The average Bonchev–Trinajstić information content (AvgIpc) is 3.01. The lowest BCUT2D eigenvalue weighted by Gasteiger charge is -2.38. The SMILES string of the molecule is CCCCC1CC2CCC(C1)CN(C(c1ccccc1)c1ccccc1)C2. The maximum absolute atomic E-state index is 2.82. The van der Waals surface area contributed by atoms with Gasteiger partial charge in [-0.3, -0.25) is 4.90 Å². The normalized spacial score (nSPS) is 26.1. The molecule has 144 valence electrons. The summed E-state index contributed by atoms with van der Waals surface area (Å²) in [4.78, 5) is 2.82. The molecule has 1 aliphatic carbocycles. The summed E-state index contributed by atoms with van der Waals surface area (Å²) in [5.74, 6) is 2.75. The molecule has 2 unspecified atom stereocenters. The van der Waals surface area contributed by atoms with Gasteiger partial charge in [-0.1, -0.05) is 86.8 Å². The highest BCUT2D eigenvalue weighted by atomic mass is 15.2. The van der Waals surface area contributed by atoms with E-state index in [1.165, 1.54) is 69.2 Å². The monoisotopic (exact) mass is 361 g/mol. The van der Waals surface area contributed by atoms with Crippen LogP contribution in [0.3, 0.4) is 0 Å². The molecule has 0 aromatic heterocycles. The van der Waals surface area contributed by atoms with Gasteiger partial charge < -0.3 is 0 Å². The van der Waals surface area contributed by atoms with Crippen LogP contribution in [-0.2, 0) is 0 Å². The fourth-order valence-electron chi connectivity index (χ4n) is 5.64. The number of fused-ring (bicyclic) bond motifs is 3. The van der Waals surface area contributed by atoms with E-state index in [0.29, 0.717) is 6.04 Å². The number of hydrogen-bond donors (Lipinski definition) is 0. The highest BCUT2D eigenvalue weighted by Crippen LogP contribution is 2.41. The maximum Gasteiger partial charge on any atom is 0.0601 e. The fourth-order valence-corrected chi connectivity index (χ4v) is 5.64. The first-order valence-electron chi connectivity index (χ1n) is 11.2. The summed E-state index contributed by atoms with van der Waals surface area (Å²) in [5, 5.41) is 0. The van der Waals surface area contributed by atoms with Gasteiger partial charge in [0.05, 0.1) is 6.04 Å². The minimum Gasteiger partial charge on any atom is -0.292 e. The minimum atomic E-state index is 0.405. The molecule has 1 aliphatic heterocycles. The number of hydrogen-bond acceptors (Lipinski definition) is 1. The van der Waals surface area contributed by atoms with Crippen molar-refractivity contribution in [2.24, 2.45) is 17.8 Å². The lowest BCUT2D eigenvalue weighted by atomic mass is 9.84. The molecule has 2 fully saturated rings. The van der Waals surface area contributed by atoms with E-state index in [9.17, 15) is 0 Å². The quantitative estimate of drug-likeness (QED) is 0.553. The van der Waals surface area contributed by atoms with Crippen molar-refractivity contribution in [2.45, 2.75) is 57.9 Å². The Morgan fingerprint density at radius 3 is 1.81 bits per heavy atom. The number of benzene rings is 2. The van der Waals surface area contributed by atoms with E-state index in [4.69, 9.17) is 0 Å². The zero-order chi connectivity index (χ0) is 18.5. The third kappa shape index (κ3) is 4.63. The van der Waals surface area contributed by atoms with Crippen LogP contribution in [0, 0.1) is 17.8 Å². The molecule has 1 heterocycles. The zero-order valence-electron chi connectivity index (χ0n) is 16.9. The summed E-state index contributed by atoms with van der Waals surface area (Å²) in [6, 6.07) is 22.8. The van der Waals surface area contributed by atoms with Crippen molar-refractivity contribution in [1.82, 2.24) is 4.90 Å². The van der Waals surface area contributed by atoms with Crippen LogP contribution in [0.5, 0.6) is 0 Å². The highest BCUT2D eigenvalue weighted by Gasteiger charge is 2.35. The van der Waals surface area contributed by atoms with Crippen LogP contribution in [0.25, 0.3) is 0 Å². The van der Waals surface area contributed by atoms with E-state index in [-0.39, 0.29) is 0 Å². The molecule has 4 rings (SSSR count). The van der Waals surface area contributed by atoms with Gasteiger partial charge in [0.2, 0.25) is 0 Å². The van der Waals surface area contributed by atoms with Crippen molar-refractivity contribution in [2.75, 3.05) is 13.1 Å². The van der Waals surface area contributed by atoms with Gasteiger partial charge in [-0.2, -0.15) is 0 Å². The molecular formula is C26H35N. The number of rotatable bonds is 6. The molecule has 1 heteroatoms. The topological polar surface area (TPSA) is 3.24 Å². The average molecular weight is 362 g/mol. The van der Waals surface area contributed by atoms with Crippen molar-refractivity contribution < 1.29 is 0 Å². The third-order valence-corrected chi connectivity index (χ3v) is 6.86. The predicted molar refractivity (Wildman–Crippen MR) is 115 cm³/mol. The molecule has 0 amide bonds. The summed E-state index contributed by atoms with van der Waals surface area (Å²) in [5.41, 5.74) is 2.90. The van der Waals surface area contributed by atoms with Gasteiger partial charge in [0.25, 0.3) is 0 Å². The molecule has 2 aromatic carbocycles. The Balaban J connectivity index is 1.59. The zero-order valence-corrected chi connectivity index (χ0v) is 16.9. The first kappa shape index (κ1) is 18.7. The van der Waals surface area contributed by atoms with Crippen molar-refractivity contribution in [3.8, 4) is 0 Å². The van der Waals surface area contributed by atoms with Gasteiger partial charge >= 0.3 is 0 Å². The molecule has 1 saturated carbocycles. The predicted octanol–water partition coefficient (Wildman–Crippen LogP) is 6.70. The van der Waals surface area contributed by atoms with Gasteiger partial charge in [0, 0.05) is 13.1 Å². The molecule has 0 radical (unpaired) electrons. The van der Waals surface area contributed by atoms with Crippen LogP contribution in [0.4, 0.5) is 0 Å². The van der Waals surface area contributed by atoms with Gasteiger partial charge in [-0.05, 0) is 54.6 Å². The Kier molecular flexibility index (Phi) is 6.29. The summed E-state index contributed by atoms with van der Waals surface area (Å²) < 4.78 is 0. The van der Waals surface area contributed by atoms with Gasteiger partial charge in [-0.15, -0.1) is 0 Å². The van der Waals surface area contributed by atoms with Crippen LogP contribution in [0.15, 0.2) is 60.7 Å². The first-order valence-corrected chi connectivity index (χ1v) is 11.2. The Morgan fingerprint density at radius 1 is 0.815 bits per heavy atom. The standard InChI is InChI=1S/C26H35N/c1-2-3-10-21-17-22-15-16-23(18-21)20-27(19-22)26(24-11-6-4-7-12-24)25-13-8-5-9-14-25/h4-9,11-14,21-23,26H,2-3,10,15-20H2,1H3. The smallest absolute Gasteiger partial charge is 0.0601 e. The number of unbranched alkanes of at least 4 members (excludes halogenated alkanes) is 1. The highest BCUT2D eigenvalue weighted by molar-refractivity contribution is 5.32. The third-order valence-electron chi connectivity index (χ3n) is 6.86. The minimum absolute atomic E-state index is 0.405. The lowest BCUT2D eigenvalue weighted by Crippen LogP contribution is -2.38. The van der Waals surface area contributed by atoms with E-state index in [1.807, 2.05) is 0 Å². The summed E-state index contributed by atoms with van der Waals surface area (Å²) in [6.45, 7) is 4.88. The summed E-state index contributed by atoms with van der Waals surface area (Å²) in [7, 11) is 0. The molecule has 2 aromatic rings. The summed E-state index contributed by atoms with van der Waals surface area (Å²) in [6.07, 6.45) is 10.0. The van der Waals surface area contributed by atoms with Gasteiger partial charge in [0.1, 0.15) is 0 Å². The van der Waals surface area contributed by atoms with E-state index in [0.717, 1.165) is 17.8 Å². The molecule has 0 N–H and O–H groups in total. The Labute approximate surface area is 165 Å². The molecular weight excluding hydrogens is 326 g/mol. The van der Waals surface area contributed by atoms with E-state index in [2.05, 4.69) is 72.5 Å². The largest absolute Gasteiger partial charge is 0.292 e. The van der Waals surface area contributed by atoms with Crippen LogP contribution in [0.1, 0.15) is 69.0 Å². The van der Waals surface area contributed by atoms with Crippen LogP contribution in [0.2, 0.25) is 0 Å². The second kappa shape index (κ2) is 9.06. The molecule has 2 aliphatic rings. The number of likely N-dealkylation sites (tertiary alicyclic amines) is 1. The van der Waals surface area contributed by atoms with Crippen LogP contribution < -0.4 is 0 Å². The maximum atomic E-state index is 2.82. The second-order valence-electron chi connectivity index (χ2n) is 8.97. The Bertz CT molecular complexity index is 624. The van der Waals surface area contributed by atoms with Crippen molar-refractivity contribution in [3.05, 3.63) is 71.8 Å². The molecule has 27 heavy (non-hydrogen) atoms. The molecule has 2 bridgehead atoms. The first-order chi connectivity index (χ1) is 13.3. The van der Waals surface area contributed by atoms with Crippen LogP contribution in [-0.4, -0.2) is 18.0 Å². The van der Waals surface area contributed by atoms with E-state index >= 15 is 0 Å². The number of nitrogens with zero attached hydrogens (tertiary/aromatic N) is 1.